The van der Waals surface area contributed by atoms with Crippen molar-refractivity contribution >= 4 is 5.97 Å². The number of halogens is 3. The minimum atomic E-state index is -4.72. The van der Waals surface area contributed by atoms with E-state index in [-0.39, 0.29) is 0 Å². The molecular weight excluding hydrogens is 193 g/mol. The molecule has 1 heterocycles. The zero-order valence-corrected chi connectivity index (χ0v) is 6.59. The molecular formula is C6H7F3O4. The molecule has 1 aliphatic rings. The summed E-state index contributed by atoms with van der Waals surface area (Å²) in [5.74, 6) is -4.26. The molecule has 2 unspecified atom stereocenters. The van der Waals surface area contributed by atoms with Gasteiger partial charge in [0.25, 0.3) is 5.79 Å². The average molecular weight is 200 g/mol. The summed E-state index contributed by atoms with van der Waals surface area (Å²) >= 11 is 0. The highest BCUT2D eigenvalue weighted by Crippen LogP contribution is 2.38. The molecule has 0 radical (unpaired) electrons. The highest BCUT2D eigenvalue weighted by Gasteiger charge is 2.59. The second-order valence-electron chi connectivity index (χ2n) is 2.70. The number of carboxylic acid groups (broad SMARTS) is 1. The molecule has 0 aliphatic carbocycles. The molecule has 0 bridgehead atoms. The molecule has 1 aliphatic heterocycles. The van der Waals surface area contributed by atoms with Crippen molar-refractivity contribution in [1.82, 2.24) is 0 Å². The highest BCUT2D eigenvalue weighted by molar-refractivity contribution is 5.72. The number of alkyl halides is 3. The molecule has 1 N–H and O–H groups in total. The van der Waals surface area contributed by atoms with Gasteiger partial charge in [-0.25, -0.2) is 4.79 Å². The lowest BCUT2D eigenvalue weighted by Crippen LogP contribution is -2.44. The molecule has 1 saturated heterocycles. The molecule has 1 rings (SSSR count). The Labute approximate surface area is 71.2 Å². The Morgan fingerprint density at radius 3 is 2.38 bits per heavy atom. The van der Waals surface area contributed by atoms with Gasteiger partial charge in [0.1, 0.15) is 0 Å². The van der Waals surface area contributed by atoms with Gasteiger partial charge in [-0.15, -0.1) is 0 Å². The van der Waals surface area contributed by atoms with Gasteiger partial charge in [-0.05, 0) is 6.92 Å². The number of hydrogen-bond acceptors (Lipinski definition) is 3. The monoisotopic (exact) mass is 200 g/mol. The molecule has 0 saturated carbocycles. The van der Waals surface area contributed by atoms with E-state index in [1.54, 1.807) is 0 Å². The lowest BCUT2D eigenvalue weighted by molar-refractivity contribution is -0.338. The summed E-state index contributed by atoms with van der Waals surface area (Å²) in [7, 11) is 0. The smallest absolute Gasteiger partial charge is 0.442 e. The molecule has 4 nitrogen and oxygen atoms in total. The molecule has 0 aromatic rings. The van der Waals surface area contributed by atoms with E-state index in [1.165, 1.54) is 0 Å². The third-order valence-electron chi connectivity index (χ3n) is 1.67. The highest BCUT2D eigenvalue weighted by atomic mass is 19.4. The predicted molar refractivity (Wildman–Crippen MR) is 32.9 cm³/mol. The van der Waals surface area contributed by atoms with Crippen molar-refractivity contribution in [2.75, 3.05) is 6.61 Å². The van der Waals surface area contributed by atoms with Crippen LogP contribution in [0.25, 0.3) is 0 Å². The van der Waals surface area contributed by atoms with Crippen LogP contribution in [-0.4, -0.2) is 35.8 Å². The van der Waals surface area contributed by atoms with E-state index < -0.39 is 30.6 Å². The summed E-state index contributed by atoms with van der Waals surface area (Å²) in [6, 6.07) is 0. The van der Waals surface area contributed by atoms with Crippen LogP contribution in [0.15, 0.2) is 0 Å². The zero-order chi connectivity index (χ0) is 10.3. The van der Waals surface area contributed by atoms with Crippen molar-refractivity contribution in [1.29, 1.82) is 0 Å². The van der Waals surface area contributed by atoms with Gasteiger partial charge in [-0.3, -0.25) is 0 Å². The molecule has 0 spiro atoms. The van der Waals surface area contributed by atoms with Gasteiger partial charge >= 0.3 is 12.1 Å². The lowest BCUT2D eigenvalue weighted by Gasteiger charge is -2.25. The van der Waals surface area contributed by atoms with Gasteiger partial charge in [-0.1, -0.05) is 0 Å². The maximum Gasteiger partial charge on any atom is 0.442 e. The standard InChI is InChI=1S/C6H7F3O4/c1-5(6(7,8)9)12-2-3(13-5)4(10)11/h3H,2H2,1H3,(H,10,11). The molecule has 7 heteroatoms. The molecule has 0 aromatic heterocycles. The number of aliphatic carboxylic acids is 1. The average Bonchev–Trinajstić information content (AvgIpc) is 2.31. The van der Waals surface area contributed by atoms with E-state index >= 15 is 0 Å². The van der Waals surface area contributed by atoms with Crippen LogP contribution >= 0.6 is 0 Å². The number of hydrogen-bond donors (Lipinski definition) is 1. The summed E-state index contributed by atoms with van der Waals surface area (Å²) in [5.41, 5.74) is 0. The van der Waals surface area contributed by atoms with Gasteiger partial charge < -0.3 is 14.6 Å². The quantitative estimate of drug-likeness (QED) is 0.679. The number of rotatable bonds is 1. The minimum Gasteiger partial charge on any atom is -0.479 e. The first-order valence-electron chi connectivity index (χ1n) is 3.37. The van der Waals surface area contributed by atoms with Crippen molar-refractivity contribution in [3.8, 4) is 0 Å². The molecule has 0 aromatic carbocycles. The van der Waals surface area contributed by atoms with Crippen LogP contribution in [-0.2, 0) is 14.3 Å². The normalized spacial score (nSPS) is 34.9. The largest absolute Gasteiger partial charge is 0.479 e. The van der Waals surface area contributed by atoms with Gasteiger partial charge in [0.15, 0.2) is 6.10 Å². The Balaban J connectivity index is 2.72. The van der Waals surface area contributed by atoms with Crippen LogP contribution in [0.1, 0.15) is 6.92 Å². The van der Waals surface area contributed by atoms with E-state index in [9.17, 15) is 18.0 Å². The second-order valence-corrected chi connectivity index (χ2v) is 2.70. The summed E-state index contributed by atoms with van der Waals surface area (Å²) in [4.78, 5) is 10.2. The minimum absolute atomic E-state index is 0.592. The number of carbonyl (C=O) groups is 1. The molecule has 13 heavy (non-hydrogen) atoms. The first kappa shape index (κ1) is 10.3. The van der Waals surface area contributed by atoms with Crippen LogP contribution in [0.5, 0.6) is 0 Å². The molecule has 2 atom stereocenters. The van der Waals surface area contributed by atoms with Gasteiger partial charge in [0.2, 0.25) is 0 Å². The summed E-state index contributed by atoms with van der Waals surface area (Å²) in [6.45, 7) is 0.0568. The van der Waals surface area contributed by atoms with Crippen LogP contribution in [0, 0.1) is 0 Å². The fourth-order valence-corrected chi connectivity index (χ4v) is 0.845. The maximum atomic E-state index is 12.1. The fraction of sp³-hybridized carbons (Fsp3) is 0.833. The molecule has 0 amide bonds. The third-order valence-corrected chi connectivity index (χ3v) is 1.67. The van der Waals surface area contributed by atoms with Crippen molar-refractivity contribution in [2.45, 2.75) is 25.0 Å². The van der Waals surface area contributed by atoms with E-state index in [2.05, 4.69) is 9.47 Å². The van der Waals surface area contributed by atoms with Crippen molar-refractivity contribution in [3.05, 3.63) is 0 Å². The van der Waals surface area contributed by atoms with Crippen LogP contribution in [0.2, 0.25) is 0 Å². The van der Waals surface area contributed by atoms with Crippen molar-refractivity contribution in [2.24, 2.45) is 0 Å². The SMILES string of the molecule is CC1(C(F)(F)F)OCC(C(=O)O)O1. The second kappa shape index (κ2) is 2.85. The van der Waals surface area contributed by atoms with E-state index in [4.69, 9.17) is 5.11 Å². The number of ether oxygens (including phenoxy) is 2. The van der Waals surface area contributed by atoms with Crippen LogP contribution in [0.4, 0.5) is 13.2 Å². The first-order chi connectivity index (χ1) is 5.76. The van der Waals surface area contributed by atoms with Gasteiger partial charge in [-0.2, -0.15) is 13.2 Å². The Kier molecular flexibility index (Phi) is 2.25. The number of carboxylic acids is 1. The lowest BCUT2D eigenvalue weighted by atomic mass is 10.3. The molecule has 1 fully saturated rings. The Morgan fingerprint density at radius 1 is 1.62 bits per heavy atom. The maximum absolute atomic E-state index is 12.1. The third kappa shape index (κ3) is 1.75. The zero-order valence-electron chi connectivity index (χ0n) is 6.59. The van der Waals surface area contributed by atoms with E-state index in [0.29, 0.717) is 6.92 Å². The summed E-state index contributed by atoms with van der Waals surface area (Å²) in [6.07, 6.45) is -6.27. The van der Waals surface area contributed by atoms with Crippen LogP contribution < -0.4 is 0 Å². The van der Waals surface area contributed by atoms with Crippen molar-refractivity contribution in [3.63, 3.8) is 0 Å². The first-order valence-corrected chi connectivity index (χ1v) is 3.37. The Bertz CT molecular complexity index is 226. The van der Waals surface area contributed by atoms with E-state index in [1.807, 2.05) is 0 Å². The summed E-state index contributed by atoms with van der Waals surface area (Å²) in [5, 5.41) is 8.34. The molecule has 76 valence electrons. The fourth-order valence-electron chi connectivity index (χ4n) is 0.845. The van der Waals surface area contributed by atoms with E-state index in [0.717, 1.165) is 0 Å². The Hall–Kier alpha value is -0.820. The van der Waals surface area contributed by atoms with Crippen molar-refractivity contribution < 1.29 is 32.5 Å². The van der Waals surface area contributed by atoms with Crippen LogP contribution in [0.3, 0.4) is 0 Å². The Morgan fingerprint density at radius 2 is 2.15 bits per heavy atom. The summed E-state index contributed by atoms with van der Waals surface area (Å²) < 4.78 is 44.9. The topological polar surface area (TPSA) is 55.8 Å². The predicted octanol–water partition coefficient (Wildman–Crippen LogP) is 0.765. The van der Waals surface area contributed by atoms with Gasteiger partial charge in [0.05, 0.1) is 6.61 Å². The van der Waals surface area contributed by atoms with Gasteiger partial charge in [0, 0.05) is 0 Å².